The lowest BCUT2D eigenvalue weighted by atomic mass is 10.1. The fraction of sp³-hybridized carbons (Fsp3) is 0.400. The van der Waals surface area contributed by atoms with E-state index in [1.54, 1.807) is 7.11 Å². The van der Waals surface area contributed by atoms with Gasteiger partial charge in [0.2, 0.25) is 0 Å². The van der Waals surface area contributed by atoms with E-state index in [1.807, 2.05) is 19.2 Å². The normalized spacial score (nSPS) is 10.3. The molecule has 0 aliphatic heterocycles. The predicted octanol–water partition coefficient (Wildman–Crippen LogP) is 2.76. The van der Waals surface area contributed by atoms with E-state index in [0.29, 0.717) is 15.8 Å². The molecule has 0 radical (unpaired) electrons. The summed E-state index contributed by atoms with van der Waals surface area (Å²) in [5.74, 6) is 0.616. The quantitative estimate of drug-likeness (QED) is 0.864. The van der Waals surface area contributed by atoms with Gasteiger partial charge in [0.25, 0.3) is 0 Å². The van der Waals surface area contributed by atoms with Crippen molar-refractivity contribution in [2.24, 2.45) is 0 Å². The van der Waals surface area contributed by atoms with Gasteiger partial charge in [0, 0.05) is 0 Å². The fourth-order valence-electron chi connectivity index (χ4n) is 1.18. The Hall–Kier alpha value is -0.440. The summed E-state index contributed by atoms with van der Waals surface area (Å²) in [6.45, 7) is 0.877. The zero-order valence-electron chi connectivity index (χ0n) is 8.23. The lowest BCUT2D eigenvalue weighted by Gasteiger charge is -2.09. The van der Waals surface area contributed by atoms with Gasteiger partial charge in [-0.15, -0.1) is 0 Å². The van der Waals surface area contributed by atoms with E-state index < -0.39 is 0 Å². The second-order valence-corrected chi connectivity index (χ2v) is 3.66. The van der Waals surface area contributed by atoms with Crippen LogP contribution in [0.2, 0.25) is 10.0 Å². The zero-order valence-corrected chi connectivity index (χ0v) is 9.74. The molecule has 78 valence electrons. The van der Waals surface area contributed by atoms with Gasteiger partial charge in [0.05, 0.1) is 12.1 Å². The van der Waals surface area contributed by atoms with Crippen LogP contribution in [0.1, 0.15) is 5.56 Å². The number of hydrogen-bond donors (Lipinski definition) is 1. The van der Waals surface area contributed by atoms with Gasteiger partial charge in [-0.05, 0) is 31.6 Å². The SMILES string of the molecule is CNCCc1ccc(OC)c(Cl)c1Cl. The van der Waals surface area contributed by atoms with Gasteiger partial charge >= 0.3 is 0 Å². The molecule has 0 spiro atoms. The monoisotopic (exact) mass is 233 g/mol. The first kappa shape index (κ1) is 11.6. The molecule has 0 heterocycles. The predicted molar refractivity (Wildman–Crippen MR) is 60.6 cm³/mol. The molecule has 0 aliphatic carbocycles. The van der Waals surface area contributed by atoms with E-state index in [2.05, 4.69) is 5.32 Å². The van der Waals surface area contributed by atoms with E-state index in [-0.39, 0.29) is 0 Å². The van der Waals surface area contributed by atoms with E-state index >= 15 is 0 Å². The lowest BCUT2D eigenvalue weighted by molar-refractivity contribution is 0.415. The minimum atomic E-state index is 0.489. The van der Waals surface area contributed by atoms with Gasteiger partial charge < -0.3 is 10.1 Å². The smallest absolute Gasteiger partial charge is 0.138 e. The number of nitrogens with one attached hydrogen (secondary N) is 1. The van der Waals surface area contributed by atoms with E-state index in [1.165, 1.54) is 0 Å². The Labute approximate surface area is 94.2 Å². The van der Waals surface area contributed by atoms with Crippen LogP contribution in [-0.2, 0) is 6.42 Å². The second kappa shape index (κ2) is 5.44. The van der Waals surface area contributed by atoms with Crippen LogP contribution in [-0.4, -0.2) is 20.7 Å². The summed E-state index contributed by atoms with van der Waals surface area (Å²) >= 11 is 12.1. The van der Waals surface area contributed by atoms with Crippen molar-refractivity contribution < 1.29 is 4.74 Å². The van der Waals surface area contributed by atoms with Crippen LogP contribution < -0.4 is 10.1 Å². The molecule has 0 fully saturated rings. The van der Waals surface area contributed by atoms with Crippen molar-refractivity contribution in [3.63, 3.8) is 0 Å². The van der Waals surface area contributed by atoms with E-state index in [0.717, 1.165) is 18.5 Å². The molecule has 0 amide bonds. The highest BCUT2D eigenvalue weighted by Gasteiger charge is 2.09. The Morgan fingerprint density at radius 2 is 2.00 bits per heavy atom. The van der Waals surface area contributed by atoms with E-state index in [9.17, 15) is 0 Å². The number of hydrogen-bond acceptors (Lipinski definition) is 2. The van der Waals surface area contributed by atoms with Gasteiger partial charge in [0.1, 0.15) is 10.8 Å². The van der Waals surface area contributed by atoms with Crippen molar-refractivity contribution in [3.8, 4) is 5.75 Å². The number of benzene rings is 1. The van der Waals surface area contributed by atoms with Crippen LogP contribution in [0.4, 0.5) is 0 Å². The van der Waals surface area contributed by atoms with Gasteiger partial charge in [0.15, 0.2) is 0 Å². The first-order valence-electron chi connectivity index (χ1n) is 4.36. The fourth-order valence-corrected chi connectivity index (χ4v) is 1.69. The van der Waals surface area contributed by atoms with Crippen LogP contribution in [0.15, 0.2) is 12.1 Å². The molecule has 0 aromatic heterocycles. The Balaban J connectivity index is 2.92. The van der Waals surface area contributed by atoms with Crippen molar-refractivity contribution >= 4 is 23.2 Å². The topological polar surface area (TPSA) is 21.3 Å². The molecule has 4 heteroatoms. The largest absolute Gasteiger partial charge is 0.495 e. The van der Waals surface area contributed by atoms with Crippen LogP contribution in [0.25, 0.3) is 0 Å². The summed E-state index contributed by atoms with van der Waals surface area (Å²) in [7, 11) is 3.48. The molecule has 1 aromatic rings. The van der Waals surface area contributed by atoms with Crippen LogP contribution >= 0.6 is 23.2 Å². The standard InChI is InChI=1S/C10H13Cl2NO/c1-13-6-5-7-3-4-8(14-2)10(12)9(7)11/h3-4,13H,5-6H2,1-2H3. The average molecular weight is 234 g/mol. The summed E-state index contributed by atoms with van der Waals surface area (Å²) < 4.78 is 5.05. The highest BCUT2D eigenvalue weighted by Crippen LogP contribution is 2.34. The van der Waals surface area contributed by atoms with Crippen molar-refractivity contribution in [1.82, 2.24) is 5.32 Å². The maximum atomic E-state index is 6.07. The molecular formula is C10H13Cl2NO. The molecule has 0 aliphatic rings. The minimum Gasteiger partial charge on any atom is -0.495 e. The zero-order chi connectivity index (χ0) is 10.6. The van der Waals surface area contributed by atoms with Gasteiger partial charge in [-0.25, -0.2) is 0 Å². The summed E-state index contributed by atoms with van der Waals surface area (Å²) in [6.07, 6.45) is 0.860. The summed E-state index contributed by atoms with van der Waals surface area (Å²) in [5, 5.41) is 4.13. The Kier molecular flexibility index (Phi) is 4.52. The number of likely N-dealkylation sites (N-methyl/N-ethyl adjacent to an activating group) is 1. The van der Waals surface area contributed by atoms with Crippen molar-refractivity contribution in [1.29, 1.82) is 0 Å². The van der Waals surface area contributed by atoms with Crippen LogP contribution in [0.5, 0.6) is 5.75 Å². The number of halogens is 2. The van der Waals surface area contributed by atoms with Crippen LogP contribution in [0, 0.1) is 0 Å². The molecule has 1 rings (SSSR count). The highest BCUT2D eigenvalue weighted by atomic mass is 35.5. The molecule has 0 saturated carbocycles. The summed E-state index contributed by atoms with van der Waals surface area (Å²) in [5.41, 5.74) is 1.03. The molecule has 1 aromatic carbocycles. The maximum absolute atomic E-state index is 6.07. The van der Waals surface area contributed by atoms with Crippen LogP contribution in [0.3, 0.4) is 0 Å². The Morgan fingerprint density at radius 1 is 1.29 bits per heavy atom. The third-order valence-corrected chi connectivity index (χ3v) is 2.89. The minimum absolute atomic E-state index is 0.489. The van der Waals surface area contributed by atoms with Gasteiger partial charge in [-0.1, -0.05) is 29.3 Å². The third kappa shape index (κ3) is 2.53. The maximum Gasteiger partial charge on any atom is 0.138 e. The second-order valence-electron chi connectivity index (χ2n) is 2.91. The molecule has 2 nitrogen and oxygen atoms in total. The Morgan fingerprint density at radius 3 is 2.57 bits per heavy atom. The van der Waals surface area contributed by atoms with Gasteiger partial charge in [-0.3, -0.25) is 0 Å². The van der Waals surface area contributed by atoms with Crippen molar-refractivity contribution in [2.75, 3.05) is 20.7 Å². The molecule has 14 heavy (non-hydrogen) atoms. The third-order valence-electron chi connectivity index (χ3n) is 1.99. The van der Waals surface area contributed by atoms with Crippen molar-refractivity contribution in [3.05, 3.63) is 27.7 Å². The molecule has 1 N–H and O–H groups in total. The molecule has 0 atom stereocenters. The van der Waals surface area contributed by atoms with E-state index in [4.69, 9.17) is 27.9 Å². The molecule has 0 saturated heterocycles. The number of rotatable bonds is 4. The molecule has 0 bridgehead atoms. The first-order chi connectivity index (χ1) is 6.70. The van der Waals surface area contributed by atoms with Gasteiger partial charge in [-0.2, -0.15) is 0 Å². The Bertz CT molecular complexity index is 315. The summed E-state index contributed by atoms with van der Waals surface area (Å²) in [4.78, 5) is 0. The lowest BCUT2D eigenvalue weighted by Crippen LogP contribution is -2.10. The number of ether oxygens (including phenoxy) is 1. The molecular weight excluding hydrogens is 221 g/mol. The van der Waals surface area contributed by atoms with Crippen molar-refractivity contribution in [2.45, 2.75) is 6.42 Å². The first-order valence-corrected chi connectivity index (χ1v) is 5.11. The highest BCUT2D eigenvalue weighted by molar-refractivity contribution is 6.43. The molecule has 0 unspecified atom stereocenters. The number of methoxy groups -OCH3 is 1. The summed E-state index contributed by atoms with van der Waals surface area (Å²) in [6, 6.07) is 3.77. The average Bonchev–Trinajstić information content (AvgIpc) is 2.20.